The third-order valence-electron chi connectivity index (χ3n) is 3.63. The molecule has 1 heterocycles. The Balaban J connectivity index is 2.03. The number of nitrogens with one attached hydrogen (secondary N) is 2. The minimum atomic E-state index is -0.194. The molecule has 0 fully saturated rings. The van der Waals surface area contributed by atoms with Crippen LogP contribution < -0.4 is 10.6 Å². The van der Waals surface area contributed by atoms with Crippen molar-refractivity contribution in [3.8, 4) is 0 Å². The number of halogens is 1. The molecule has 1 aromatic heterocycles. The maximum Gasteiger partial charge on any atom is 0.257 e. The molecule has 0 unspecified atom stereocenters. The molecule has 1 amide bonds. The average molecular weight is 332 g/mol. The van der Waals surface area contributed by atoms with E-state index in [9.17, 15) is 4.79 Å². The van der Waals surface area contributed by atoms with Gasteiger partial charge < -0.3 is 10.6 Å². The van der Waals surface area contributed by atoms with Crippen LogP contribution in [0.2, 0.25) is 5.02 Å². The van der Waals surface area contributed by atoms with E-state index in [2.05, 4.69) is 22.5 Å². The average Bonchev–Trinajstić information content (AvgIpc) is 2.56. The maximum absolute atomic E-state index is 12.4. The summed E-state index contributed by atoms with van der Waals surface area (Å²) in [6.07, 6.45) is 6.77. The number of aromatic nitrogens is 1. The Morgan fingerprint density at radius 3 is 2.87 bits per heavy atom. The summed E-state index contributed by atoms with van der Waals surface area (Å²) in [6, 6.07) is 7.26. The number of pyridine rings is 1. The summed E-state index contributed by atoms with van der Waals surface area (Å²) in [4.78, 5) is 16.5. The number of benzene rings is 1. The predicted molar refractivity (Wildman–Crippen MR) is 96.4 cm³/mol. The highest BCUT2D eigenvalue weighted by atomic mass is 35.5. The highest BCUT2D eigenvalue weighted by molar-refractivity contribution is 6.31. The molecule has 0 aliphatic heterocycles. The first-order valence-electron chi connectivity index (χ1n) is 7.87. The Kier molecular flexibility index (Phi) is 6.41. The van der Waals surface area contributed by atoms with E-state index in [1.165, 1.54) is 12.8 Å². The molecule has 4 nitrogen and oxygen atoms in total. The van der Waals surface area contributed by atoms with E-state index in [0.717, 1.165) is 24.2 Å². The van der Waals surface area contributed by atoms with Crippen molar-refractivity contribution in [3.05, 3.63) is 52.8 Å². The van der Waals surface area contributed by atoms with Gasteiger partial charge in [0.25, 0.3) is 5.91 Å². The SMILES string of the molecule is CCCCCNc1cncc(C(=O)Nc2cccc(Cl)c2C)c1. The van der Waals surface area contributed by atoms with Gasteiger partial charge in [-0.3, -0.25) is 9.78 Å². The van der Waals surface area contributed by atoms with Gasteiger partial charge in [-0.15, -0.1) is 0 Å². The molecule has 0 saturated heterocycles. The Morgan fingerprint density at radius 2 is 2.09 bits per heavy atom. The molecule has 0 aliphatic rings. The van der Waals surface area contributed by atoms with Crippen LogP contribution in [0.15, 0.2) is 36.7 Å². The third-order valence-corrected chi connectivity index (χ3v) is 4.04. The molecule has 0 aliphatic carbocycles. The summed E-state index contributed by atoms with van der Waals surface area (Å²) in [6.45, 7) is 4.93. The van der Waals surface area contributed by atoms with Gasteiger partial charge in [-0.05, 0) is 37.1 Å². The number of hydrogen-bond donors (Lipinski definition) is 2. The molecule has 2 aromatic rings. The molecular weight excluding hydrogens is 310 g/mol. The second kappa shape index (κ2) is 8.53. The van der Waals surface area contributed by atoms with Crippen molar-refractivity contribution < 1.29 is 4.79 Å². The molecule has 0 radical (unpaired) electrons. The van der Waals surface area contributed by atoms with Crippen molar-refractivity contribution in [1.82, 2.24) is 4.98 Å². The van der Waals surface area contributed by atoms with Crippen molar-refractivity contribution in [2.45, 2.75) is 33.1 Å². The topological polar surface area (TPSA) is 54.0 Å². The molecule has 0 spiro atoms. The molecule has 0 bridgehead atoms. The van der Waals surface area contributed by atoms with Gasteiger partial charge in [0.1, 0.15) is 0 Å². The first-order chi connectivity index (χ1) is 11.1. The first kappa shape index (κ1) is 17.3. The van der Waals surface area contributed by atoms with Gasteiger partial charge in [0, 0.05) is 29.6 Å². The lowest BCUT2D eigenvalue weighted by molar-refractivity contribution is 0.102. The Labute approximate surface area is 142 Å². The van der Waals surface area contributed by atoms with E-state index < -0.39 is 0 Å². The van der Waals surface area contributed by atoms with E-state index in [1.807, 2.05) is 25.1 Å². The van der Waals surface area contributed by atoms with Crippen molar-refractivity contribution in [2.24, 2.45) is 0 Å². The number of rotatable bonds is 7. The Morgan fingerprint density at radius 1 is 1.26 bits per heavy atom. The summed E-state index contributed by atoms with van der Waals surface area (Å²) in [5.74, 6) is -0.194. The van der Waals surface area contributed by atoms with Crippen molar-refractivity contribution in [3.63, 3.8) is 0 Å². The zero-order valence-electron chi connectivity index (χ0n) is 13.5. The summed E-state index contributed by atoms with van der Waals surface area (Å²) in [5, 5.41) is 6.81. The van der Waals surface area contributed by atoms with E-state index in [4.69, 9.17) is 11.6 Å². The number of amides is 1. The molecule has 5 heteroatoms. The minimum Gasteiger partial charge on any atom is -0.384 e. The normalized spacial score (nSPS) is 10.4. The lowest BCUT2D eigenvalue weighted by Gasteiger charge is -2.10. The molecule has 0 atom stereocenters. The van der Waals surface area contributed by atoms with E-state index in [0.29, 0.717) is 16.3 Å². The molecule has 2 rings (SSSR count). The smallest absolute Gasteiger partial charge is 0.257 e. The fourth-order valence-electron chi connectivity index (χ4n) is 2.21. The molecule has 2 N–H and O–H groups in total. The Hall–Kier alpha value is -2.07. The number of carbonyl (C=O) groups excluding carboxylic acids is 1. The molecule has 1 aromatic carbocycles. The van der Waals surface area contributed by atoms with Gasteiger partial charge in [0.15, 0.2) is 0 Å². The largest absolute Gasteiger partial charge is 0.384 e. The summed E-state index contributed by atoms with van der Waals surface area (Å²) < 4.78 is 0. The van der Waals surface area contributed by atoms with Crippen LogP contribution in [0.1, 0.15) is 42.1 Å². The van der Waals surface area contributed by atoms with Crippen LogP contribution in [0.5, 0.6) is 0 Å². The quantitative estimate of drug-likeness (QED) is 0.710. The van der Waals surface area contributed by atoms with Gasteiger partial charge in [0.05, 0.1) is 11.3 Å². The van der Waals surface area contributed by atoms with E-state index in [-0.39, 0.29) is 5.91 Å². The van der Waals surface area contributed by atoms with Crippen LogP contribution in [0.4, 0.5) is 11.4 Å². The molecule has 122 valence electrons. The van der Waals surface area contributed by atoms with E-state index >= 15 is 0 Å². The fourth-order valence-corrected chi connectivity index (χ4v) is 2.38. The van der Waals surface area contributed by atoms with Gasteiger partial charge in [0.2, 0.25) is 0 Å². The van der Waals surface area contributed by atoms with E-state index in [1.54, 1.807) is 18.5 Å². The maximum atomic E-state index is 12.4. The monoisotopic (exact) mass is 331 g/mol. The van der Waals surface area contributed by atoms with Crippen LogP contribution in [-0.2, 0) is 0 Å². The number of hydrogen-bond acceptors (Lipinski definition) is 3. The summed E-state index contributed by atoms with van der Waals surface area (Å²) in [7, 11) is 0. The highest BCUT2D eigenvalue weighted by Gasteiger charge is 2.10. The van der Waals surface area contributed by atoms with Gasteiger partial charge in [-0.2, -0.15) is 0 Å². The zero-order valence-corrected chi connectivity index (χ0v) is 14.3. The standard InChI is InChI=1S/C18H22ClN3O/c1-3-4-5-9-21-15-10-14(11-20-12-15)18(23)22-17-8-6-7-16(19)13(17)2/h6-8,10-12,21H,3-5,9H2,1-2H3,(H,22,23). The van der Waals surface area contributed by atoms with Crippen LogP contribution in [0.3, 0.4) is 0 Å². The molecule has 0 saturated carbocycles. The number of nitrogens with zero attached hydrogens (tertiary/aromatic N) is 1. The van der Waals surface area contributed by atoms with Crippen LogP contribution in [0, 0.1) is 6.92 Å². The fraction of sp³-hybridized carbons (Fsp3) is 0.333. The predicted octanol–water partition coefficient (Wildman–Crippen LogP) is 4.90. The molecular formula is C18H22ClN3O. The van der Waals surface area contributed by atoms with Crippen molar-refractivity contribution >= 4 is 28.9 Å². The van der Waals surface area contributed by atoms with Gasteiger partial charge >= 0.3 is 0 Å². The third kappa shape index (κ3) is 4.96. The lowest BCUT2D eigenvalue weighted by Crippen LogP contribution is -2.14. The second-order valence-corrected chi connectivity index (χ2v) is 5.87. The number of unbranched alkanes of at least 4 members (excludes halogenated alkanes) is 2. The highest BCUT2D eigenvalue weighted by Crippen LogP contribution is 2.23. The van der Waals surface area contributed by atoms with Crippen LogP contribution in [-0.4, -0.2) is 17.4 Å². The summed E-state index contributed by atoms with van der Waals surface area (Å²) in [5.41, 5.74) is 2.94. The Bertz CT molecular complexity index is 673. The molecule has 23 heavy (non-hydrogen) atoms. The minimum absolute atomic E-state index is 0.194. The number of anilines is 2. The summed E-state index contributed by atoms with van der Waals surface area (Å²) >= 11 is 6.08. The van der Waals surface area contributed by atoms with Crippen LogP contribution >= 0.6 is 11.6 Å². The van der Waals surface area contributed by atoms with Crippen molar-refractivity contribution in [2.75, 3.05) is 17.2 Å². The van der Waals surface area contributed by atoms with Crippen molar-refractivity contribution in [1.29, 1.82) is 0 Å². The van der Waals surface area contributed by atoms with Gasteiger partial charge in [-0.1, -0.05) is 37.4 Å². The lowest BCUT2D eigenvalue weighted by atomic mass is 10.2. The second-order valence-electron chi connectivity index (χ2n) is 5.46. The van der Waals surface area contributed by atoms with Gasteiger partial charge in [-0.25, -0.2) is 0 Å². The van der Waals surface area contributed by atoms with Crippen LogP contribution in [0.25, 0.3) is 0 Å². The first-order valence-corrected chi connectivity index (χ1v) is 8.25. The zero-order chi connectivity index (χ0) is 16.7. The number of carbonyl (C=O) groups is 1.